The summed E-state index contributed by atoms with van der Waals surface area (Å²) in [6, 6.07) is 14.4. The van der Waals surface area contributed by atoms with E-state index in [0.29, 0.717) is 29.6 Å². The summed E-state index contributed by atoms with van der Waals surface area (Å²) in [6.45, 7) is 9.43. The maximum Gasteiger partial charge on any atom is 0.170 e. The Morgan fingerprint density at radius 2 is 1.86 bits per heavy atom. The number of hydrogen-bond donors (Lipinski definition) is 3. The summed E-state index contributed by atoms with van der Waals surface area (Å²) in [4.78, 5) is 4.66. The Kier molecular flexibility index (Phi) is 6.30. The van der Waals surface area contributed by atoms with Crippen LogP contribution in [0, 0.1) is 39.0 Å². The van der Waals surface area contributed by atoms with Crippen LogP contribution < -0.4 is 16.0 Å². The minimum atomic E-state index is 0.542. The first kappa shape index (κ1) is 20.6. The molecule has 3 rings (SSSR count). The van der Waals surface area contributed by atoms with Crippen molar-refractivity contribution >= 4 is 39.7 Å². The van der Waals surface area contributed by atoms with Gasteiger partial charge in [-0.05, 0) is 80.4 Å². The van der Waals surface area contributed by atoms with Gasteiger partial charge in [-0.2, -0.15) is 5.26 Å². The fourth-order valence-corrected chi connectivity index (χ4v) is 3.47. The Bertz CT molecular complexity index is 1110. The maximum atomic E-state index is 9.50. The topological polar surface area (TPSA) is 72.8 Å². The number of rotatable bonds is 5. The second-order valence-corrected chi connectivity index (χ2v) is 7.61. The fraction of sp³-hybridized carbons (Fsp3) is 0.261. The lowest BCUT2D eigenvalue weighted by Gasteiger charge is -2.15. The van der Waals surface area contributed by atoms with Crippen molar-refractivity contribution in [2.45, 2.75) is 27.7 Å². The molecule has 29 heavy (non-hydrogen) atoms. The average molecular weight is 404 g/mol. The van der Waals surface area contributed by atoms with Crippen LogP contribution in [0.4, 0.5) is 11.5 Å². The number of nitriles is 1. The van der Waals surface area contributed by atoms with Crippen molar-refractivity contribution in [2.75, 3.05) is 23.7 Å². The summed E-state index contributed by atoms with van der Waals surface area (Å²) in [7, 11) is 0. The third-order valence-corrected chi connectivity index (χ3v) is 5.21. The molecule has 0 saturated carbocycles. The standard InChI is InChI=1S/C23H25N5S/c1-14-10-16(3)19-12-18(13-24)22(27-21(19)11-14)25-8-9-26-23(29)28-20-7-5-6-15(2)17(20)4/h5-7,10-12H,8-9H2,1-4H3,(H,25,27)(H2,26,28,29). The predicted octanol–water partition coefficient (Wildman–Crippen LogP) is 4.74. The van der Waals surface area contributed by atoms with Gasteiger partial charge >= 0.3 is 0 Å². The number of aromatic nitrogens is 1. The van der Waals surface area contributed by atoms with E-state index in [2.05, 4.69) is 53.0 Å². The number of thiocarbonyl (C=S) groups is 1. The highest BCUT2D eigenvalue weighted by Gasteiger charge is 2.09. The lowest BCUT2D eigenvalue weighted by molar-refractivity contribution is 0.911. The van der Waals surface area contributed by atoms with Crippen molar-refractivity contribution in [3.8, 4) is 6.07 Å². The molecule has 3 N–H and O–H groups in total. The zero-order valence-electron chi connectivity index (χ0n) is 17.2. The summed E-state index contributed by atoms with van der Waals surface area (Å²) in [5.41, 5.74) is 7.12. The van der Waals surface area contributed by atoms with E-state index in [0.717, 1.165) is 27.7 Å². The predicted molar refractivity (Wildman–Crippen MR) is 125 cm³/mol. The van der Waals surface area contributed by atoms with Crippen LogP contribution in [0.3, 0.4) is 0 Å². The van der Waals surface area contributed by atoms with Gasteiger partial charge in [0, 0.05) is 24.2 Å². The zero-order chi connectivity index (χ0) is 21.0. The van der Waals surface area contributed by atoms with Crippen molar-refractivity contribution in [3.05, 3.63) is 64.2 Å². The molecule has 0 spiro atoms. The number of hydrogen-bond acceptors (Lipinski definition) is 4. The van der Waals surface area contributed by atoms with Gasteiger partial charge in [0.05, 0.1) is 11.1 Å². The van der Waals surface area contributed by atoms with Crippen LogP contribution >= 0.6 is 12.2 Å². The molecule has 0 aliphatic heterocycles. The first-order valence-electron chi connectivity index (χ1n) is 9.56. The third-order valence-electron chi connectivity index (χ3n) is 4.96. The molecule has 1 heterocycles. The highest BCUT2D eigenvalue weighted by Crippen LogP contribution is 2.24. The van der Waals surface area contributed by atoms with E-state index in [1.54, 1.807) is 0 Å². The maximum absolute atomic E-state index is 9.50. The third kappa shape index (κ3) is 4.82. The normalized spacial score (nSPS) is 10.4. The van der Waals surface area contributed by atoms with Gasteiger partial charge in [0.15, 0.2) is 5.11 Å². The number of fused-ring (bicyclic) bond motifs is 1. The molecular weight excluding hydrogens is 378 g/mol. The van der Waals surface area contributed by atoms with E-state index in [1.165, 1.54) is 11.1 Å². The summed E-state index contributed by atoms with van der Waals surface area (Å²) < 4.78 is 0. The van der Waals surface area contributed by atoms with E-state index in [4.69, 9.17) is 12.2 Å². The fourth-order valence-electron chi connectivity index (χ4n) is 3.26. The monoisotopic (exact) mass is 403 g/mol. The molecule has 0 unspecified atom stereocenters. The molecular formula is C23H25N5S. The second kappa shape index (κ2) is 8.89. The number of pyridine rings is 1. The molecule has 2 aromatic carbocycles. The first-order valence-corrected chi connectivity index (χ1v) is 9.97. The molecule has 0 amide bonds. The Labute approximate surface area is 177 Å². The molecule has 1 aromatic heterocycles. The molecule has 0 atom stereocenters. The van der Waals surface area contributed by atoms with Gasteiger partial charge in [0.25, 0.3) is 0 Å². The van der Waals surface area contributed by atoms with Gasteiger partial charge < -0.3 is 16.0 Å². The van der Waals surface area contributed by atoms with Crippen LogP contribution in [0.1, 0.15) is 27.8 Å². The van der Waals surface area contributed by atoms with Crippen LogP contribution in [0.5, 0.6) is 0 Å². The molecule has 0 bridgehead atoms. The van der Waals surface area contributed by atoms with Crippen molar-refractivity contribution in [2.24, 2.45) is 0 Å². The highest BCUT2D eigenvalue weighted by molar-refractivity contribution is 7.80. The summed E-state index contributed by atoms with van der Waals surface area (Å²) in [5.74, 6) is 0.597. The van der Waals surface area contributed by atoms with E-state index in [1.807, 2.05) is 38.1 Å². The van der Waals surface area contributed by atoms with Crippen molar-refractivity contribution in [1.82, 2.24) is 10.3 Å². The quantitative estimate of drug-likeness (QED) is 0.422. The average Bonchev–Trinajstić information content (AvgIpc) is 2.68. The number of nitrogens with zero attached hydrogens (tertiary/aromatic N) is 2. The lowest BCUT2D eigenvalue weighted by atomic mass is 10.0. The van der Waals surface area contributed by atoms with E-state index < -0.39 is 0 Å². The summed E-state index contributed by atoms with van der Waals surface area (Å²) in [6.07, 6.45) is 0. The van der Waals surface area contributed by atoms with Crippen LogP contribution in [0.15, 0.2) is 36.4 Å². The van der Waals surface area contributed by atoms with Gasteiger partial charge in [0.2, 0.25) is 0 Å². The van der Waals surface area contributed by atoms with E-state index >= 15 is 0 Å². The van der Waals surface area contributed by atoms with Gasteiger partial charge in [-0.15, -0.1) is 0 Å². The Balaban J connectivity index is 1.61. The van der Waals surface area contributed by atoms with Crippen molar-refractivity contribution in [1.29, 1.82) is 5.26 Å². The van der Waals surface area contributed by atoms with Crippen LogP contribution in [0.25, 0.3) is 10.9 Å². The largest absolute Gasteiger partial charge is 0.367 e. The SMILES string of the molecule is Cc1cc(C)c2cc(C#N)c(NCCNC(=S)Nc3cccc(C)c3C)nc2c1. The van der Waals surface area contributed by atoms with Crippen LogP contribution in [-0.4, -0.2) is 23.2 Å². The molecule has 148 valence electrons. The molecule has 3 aromatic rings. The Morgan fingerprint density at radius 3 is 2.62 bits per heavy atom. The Morgan fingerprint density at radius 1 is 1.07 bits per heavy atom. The molecule has 0 aliphatic carbocycles. The van der Waals surface area contributed by atoms with Crippen molar-refractivity contribution < 1.29 is 0 Å². The number of aryl methyl sites for hydroxylation is 3. The molecule has 0 fully saturated rings. The Hall–Kier alpha value is -3.17. The van der Waals surface area contributed by atoms with Gasteiger partial charge in [0.1, 0.15) is 11.9 Å². The number of anilines is 2. The minimum absolute atomic E-state index is 0.542. The van der Waals surface area contributed by atoms with E-state index in [9.17, 15) is 5.26 Å². The van der Waals surface area contributed by atoms with Gasteiger partial charge in [-0.25, -0.2) is 4.98 Å². The molecule has 0 radical (unpaired) electrons. The number of nitrogens with one attached hydrogen (secondary N) is 3. The molecule has 6 heteroatoms. The van der Waals surface area contributed by atoms with Crippen LogP contribution in [-0.2, 0) is 0 Å². The lowest BCUT2D eigenvalue weighted by Crippen LogP contribution is -2.32. The molecule has 0 saturated heterocycles. The summed E-state index contributed by atoms with van der Waals surface area (Å²) in [5, 5.41) is 20.8. The highest BCUT2D eigenvalue weighted by atomic mass is 32.1. The summed E-state index contributed by atoms with van der Waals surface area (Å²) >= 11 is 5.39. The smallest absolute Gasteiger partial charge is 0.170 e. The first-order chi connectivity index (χ1) is 13.9. The number of benzene rings is 2. The zero-order valence-corrected chi connectivity index (χ0v) is 18.0. The second-order valence-electron chi connectivity index (χ2n) is 7.20. The molecule has 5 nitrogen and oxygen atoms in total. The van der Waals surface area contributed by atoms with E-state index in [-0.39, 0.29) is 0 Å². The van der Waals surface area contributed by atoms with Gasteiger partial charge in [-0.3, -0.25) is 0 Å². The van der Waals surface area contributed by atoms with Crippen molar-refractivity contribution in [3.63, 3.8) is 0 Å². The van der Waals surface area contributed by atoms with Gasteiger partial charge in [-0.1, -0.05) is 18.2 Å². The van der Waals surface area contributed by atoms with Crippen LogP contribution in [0.2, 0.25) is 0 Å². The molecule has 0 aliphatic rings. The minimum Gasteiger partial charge on any atom is -0.367 e.